The first kappa shape index (κ1) is 27.7. The molecule has 0 aliphatic heterocycles. The van der Waals surface area contributed by atoms with Gasteiger partial charge in [0.15, 0.2) is 0 Å². The standard InChI is InChI=1S/C24H51NS2/c1-7-9-11-13-15-17-19-26-23(3,4)21-25-22-24(5,6)27-20-18-16-14-12-10-8-2/h25H,7-22H2,1-6H3. The van der Waals surface area contributed by atoms with Crippen molar-refractivity contribution in [2.75, 3.05) is 24.6 Å². The van der Waals surface area contributed by atoms with Crippen LogP contribution in [0.2, 0.25) is 0 Å². The van der Waals surface area contributed by atoms with Crippen LogP contribution < -0.4 is 5.32 Å². The number of hydrogen-bond acceptors (Lipinski definition) is 3. The zero-order valence-corrected chi connectivity index (χ0v) is 21.3. The molecule has 1 nitrogen and oxygen atoms in total. The molecule has 0 saturated heterocycles. The normalized spacial score (nSPS) is 12.7. The smallest absolute Gasteiger partial charge is 0.0228 e. The van der Waals surface area contributed by atoms with Crippen molar-refractivity contribution >= 4 is 23.5 Å². The summed E-state index contributed by atoms with van der Waals surface area (Å²) in [5.74, 6) is 2.63. The molecule has 0 aromatic carbocycles. The third-order valence-electron chi connectivity index (χ3n) is 5.08. The van der Waals surface area contributed by atoms with Gasteiger partial charge in [-0.05, 0) is 52.0 Å². The maximum Gasteiger partial charge on any atom is 0.0228 e. The molecular formula is C24H51NS2. The van der Waals surface area contributed by atoms with Gasteiger partial charge in [0, 0.05) is 22.6 Å². The van der Waals surface area contributed by atoms with Crippen LogP contribution >= 0.6 is 23.5 Å². The fourth-order valence-corrected chi connectivity index (χ4v) is 5.44. The monoisotopic (exact) mass is 417 g/mol. The Morgan fingerprint density at radius 2 is 0.852 bits per heavy atom. The molecule has 1 N–H and O–H groups in total. The molecule has 0 amide bonds. The molecule has 0 fully saturated rings. The van der Waals surface area contributed by atoms with E-state index < -0.39 is 0 Å². The molecule has 0 aliphatic rings. The van der Waals surface area contributed by atoms with Crippen LogP contribution in [0.15, 0.2) is 0 Å². The summed E-state index contributed by atoms with van der Waals surface area (Å²) in [6, 6.07) is 0. The summed E-state index contributed by atoms with van der Waals surface area (Å²) in [7, 11) is 0. The molecule has 0 aromatic rings. The quantitative estimate of drug-likeness (QED) is 0.200. The van der Waals surface area contributed by atoms with E-state index in [9.17, 15) is 0 Å². The van der Waals surface area contributed by atoms with Crippen molar-refractivity contribution in [2.45, 2.75) is 128 Å². The van der Waals surface area contributed by atoms with Gasteiger partial charge < -0.3 is 5.32 Å². The van der Waals surface area contributed by atoms with Crippen LogP contribution in [-0.4, -0.2) is 34.1 Å². The summed E-state index contributed by atoms with van der Waals surface area (Å²) >= 11 is 4.31. The Morgan fingerprint density at radius 3 is 1.22 bits per heavy atom. The van der Waals surface area contributed by atoms with Crippen molar-refractivity contribution in [2.24, 2.45) is 0 Å². The zero-order chi connectivity index (χ0) is 20.4. The topological polar surface area (TPSA) is 12.0 Å². The van der Waals surface area contributed by atoms with Crippen molar-refractivity contribution in [1.29, 1.82) is 0 Å². The average molecular weight is 418 g/mol. The molecule has 0 spiro atoms. The predicted octanol–water partition coefficient (Wildman–Crippen LogP) is 8.32. The number of hydrogen-bond donors (Lipinski definition) is 1. The number of thioether (sulfide) groups is 2. The van der Waals surface area contributed by atoms with Gasteiger partial charge in [-0.25, -0.2) is 0 Å². The molecule has 0 atom stereocenters. The molecule has 0 bridgehead atoms. The molecule has 0 radical (unpaired) electrons. The number of unbranched alkanes of at least 4 members (excludes halogenated alkanes) is 10. The Kier molecular flexibility index (Phi) is 17.9. The second-order valence-corrected chi connectivity index (χ2v) is 13.0. The van der Waals surface area contributed by atoms with Crippen molar-refractivity contribution < 1.29 is 0 Å². The minimum absolute atomic E-state index is 0.351. The summed E-state index contributed by atoms with van der Waals surface area (Å²) < 4.78 is 0.701. The lowest BCUT2D eigenvalue weighted by atomic mass is 10.1. The van der Waals surface area contributed by atoms with Gasteiger partial charge in [-0.15, -0.1) is 0 Å². The maximum atomic E-state index is 3.76. The van der Waals surface area contributed by atoms with Gasteiger partial charge >= 0.3 is 0 Å². The second-order valence-electron chi connectivity index (χ2n) is 9.36. The summed E-state index contributed by atoms with van der Waals surface area (Å²) in [5.41, 5.74) is 0. The Balaban J connectivity index is 3.68. The molecule has 164 valence electrons. The molecule has 27 heavy (non-hydrogen) atoms. The Hall–Kier alpha value is 0.660. The van der Waals surface area contributed by atoms with Crippen molar-refractivity contribution in [3.05, 3.63) is 0 Å². The first-order valence-electron chi connectivity index (χ1n) is 11.8. The van der Waals surface area contributed by atoms with Crippen LogP contribution in [0.25, 0.3) is 0 Å². The largest absolute Gasteiger partial charge is 0.314 e. The highest BCUT2D eigenvalue weighted by Gasteiger charge is 2.21. The van der Waals surface area contributed by atoms with E-state index in [4.69, 9.17) is 0 Å². The van der Waals surface area contributed by atoms with Crippen LogP contribution in [-0.2, 0) is 0 Å². The average Bonchev–Trinajstić information content (AvgIpc) is 2.59. The predicted molar refractivity (Wildman–Crippen MR) is 133 cm³/mol. The number of rotatable bonds is 20. The first-order chi connectivity index (χ1) is 12.8. The zero-order valence-electron chi connectivity index (χ0n) is 19.6. The summed E-state index contributed by atoms with van der Waals surface area (Å²) in [6.07, 6.45) is 16.8. The summed E-state index contributed by atoms with van der Waals surface area (Å²) in [4.78, 5) is 0. The van der Waals surface area contributed by atoms with Gasteiger partial charge in [0.2, 0.25) is 0 Å². The van der Waals surface area contributed by atoms with Gasteiger partial charge in [-0.2, -0.15) is 23.5 Å². The third kappa shape index (κ3) is 19.7. The van der Waals surface area contributed by atoms with E-state index in [-0.39, 0.29) is 0 Å². The van der Waals surface area contributed by atoms with E-state index in [1.807, 2.05) is 0 Å². The van der Waals surface area contributed by atoms with Gasteiger partial charge in [0.25, 0.3) is 0 Å². The highest BCUT2D eigenvalue weighted by Crippen LogP contribution is 2.27. The van der Waals surface area contributed by atoms with E-state index in [1.54, 1.807) is 0 Å². The highest BCUT2D eigenvalue weighted by molar-refractivity contribution is 8.00. The SMILES string of the molecule is CCCCCCCCSC(C)(C)CNCC(C)(C)SCCCCCCCC. The minimum atomic E-state index is 0.351. The van der Waals surface area contributed by atoms with Crippen molar-refractivity contribution in [3.8, 4) is 0 Å². The molecule has 3 heteroatoms. The maximum absolute atomic E-state index is 3.76. The van der Waals surface area contributed by atoms with Gasteiger partial charge in [0.1, 0.15) is 0 Å². The van der Waals surface area contributed by atoms with E-state index in [2.05, 4.69) is 70.4 Å². The summed E-state index contributed by atoms with van der Waals surface area (Å²) in [5, 5.41) is 3.76. The van der Waals surface area contributed by atoms with Crippen molar-refractivity contribution in [3.63, 3.8) is 0 Å². The number of nitrogens with one attached hydrogen (secondary N) is 1. The highest BCUT2D eigenvalue weighted by atomic mass is 32.2. The Labute approximate surface area is 181 Å². The van der Waals surface area contributed by atoms with E-state index in [0.717, 1.165) is 13.1 Å². The van der Waals surface area contributed by atoms with E-state index >= 15 is 0 Å². The molecule has 0 rings (SSSR count). The van der Waals surface area contributed by atoms with Crippen LogP contribution in [0.3, 0.4) is 0 Å². The Bertz CT molecular complexity index is 286. The van der Waals surface area contributed by atoms with Crippen molar-refractivity contribution in [1.82, 2.24) is 5.32 Å². The second kappa shape index (κ2) is 17.5. The van der Waals surface area contributed by atoms with Crippen LogP contribution in [0.5, 0.6) is 0 Å². The Morgan fingerprint density at radius 1 is 0.519 bits per heavy atom. The lowest BCUT2D eigenvalue weighted by Crippen LogP contribution is -2.39. The lowest BCUT2D eigenvalue weighted by Gasteiger charge is -2.29. The molecule has 0 aliphatic carbocycles. The van der Waals surface area contributed by atoms with E-state index in [0.29, 0.717) is 9.49 Å². The van der Waals surface area contributed by atoms with Crippen LogP contribution in [0.1, 0.15) is 119 Å². The fraction of sp³-hybridized carbons (Fsp3) is 1.00. The molecule has 0 aromatic heterocycles. The third-order valence-corrected chi connectivity index (χ3v) is 7.92. The van der Waals surface area contributed by atoms with Crippen LogP contribution in [0, 0.1) is 0 Å². The first-order valence-corrected chi connectivity index (χ1v) is 13.8. The minimum Gasteiger partial charge on any atom is -0.314 e. The van der Waals surface area contributed by atoms with E-state index in [1.165, 1.54) is 88.6 Å². The summed E-state index contributed by atoms with van der Waals surface area (Å²) in [6.45, 7) is 16.4. The van der Waals surface area contributed by atoms with Gasteiger partial charge in [-0.3, -0.25) is 0 Å². The lowest BCUT2D eigenvalue weighted by molar-refractivity contribution is 0.541. The van der Waals surface area contributed by atoms with Crippen LogP contribution in [0.4, 0.5) is 0 Å². The fourth-order valence-electron chi connectivity index (χ4n) is 3.23. The molecule has 0 saturated carbocycles. The molecular weight excluding hydrogens is 366 g/mol. The van der Waals surface area contributed by atoms with Gasteiger partial charge in [-0.1, -0.05) is 78.1 Å². The molecule has 0 unspecified atom stereocenters. The van der Waals surface area contributed by atoms with Gasteiger partial charge in [0.05, 0.1) is 0 Å². The molecule has 0 heterocycles.